The summed E-state index contributed by atoms with van der Waals surface area (Å²) < 4.78 is 26.1. The van der Waals surface area contributed by atoms with Gasteiger partial charge in [-0.05, 0) is 64.2 Å². The summed E-state index contributed by atoms with van der Waals surface area (Å²) in [6.07, 6.45) is 39.4. The SMILES string of the molecule is CC/C=C\C[C@@H](O)/C=C/C=C/C=C\C=C/[C@H](O)[C@@H](O)CCCC(=O)OC[C@H](COP(=O)(O)O)OC(=O)CCC/C=C\C/C=C\C/C=C\CCCCCCCC. The van der Waals surface area contributed by atoms with E-state index in [1.165, 1.54) is 44.6 Å². The standard InChI is InChI=1S/C43H69O11P/c1-3-5-7-8-9-10-11-12-13-14-15-16-17-18-19-24-28-34-43(48)54-39(37-53-55(49,50)51)36-52-42(47)35-29-33-41(46)40(45)32-27-23-21-20-22-26-31-38(44)30-25-6-4-2/h6,12-13,15-16,18-23,25-27,31-32,38-41,44-46H,3-5,7-11,14,17,24,28-30,33-37H2,1-2H3,(H2,49,50,51)/b13-12-,16-15-,19-18-,22-20+,23-21-,25-6-,31-26+,32-27-/t38-,39-,40+,41+/m1/s1. The summed E-state index contributed by atoms with van der Waals surface area (Å²) in [5, 5.41) is 30.2. The van der Waals surface area contributed by atoms with Gasteiger partial charge in [-0.3, -0.25) is 14.1 Å². The van der Waals surface area contributed by atoms with Crippen LogP contribution in [0.5, 0.6) is 0 Å². The summed E-state index contributed by atoms with van der Waals surface area (Å²) in [4.78, 5) is 42.8. The van der Waals surface area contributed by atoms with Crippen molar-refractivity contribution in [3.05, 3.63) is 97.2 Å². The highest BCUT2D eigenvalue weighted by molar-refractivity contribution is 7.46. The number of ether oxygens (including phenoxy) is 2. The zero-order valence-corrected chi connectivity index (χ0v) is 34.0. The molecule has 0 spiro atoms. The van der Waals surface area contributed by atoms with Crippen LogP contribution in [0.4, 0.5) is 0 Å². The number of phosphoric acid groups is 1. The maximum atomic E-state index is 12.4. The predicted molar refractivity (Wildman–Crippen MR) is 220 cm³/mol. The minimum atomic E-state index is -4.86. The number of allylic oxidation sites excluding steroid dienone is 13. The highest BCUT2D eigenvalue weighted by Crippen LogP contribution is 2.36. The zero-order chi connectivity index (χ0) is 40.8. The second kappa shape index (κ2) is 36.5. The van der Waals surface area contributed by atoms with Crippen LogP contribution in [-0.2, 0) is 28.2 Å². The van der Waals surface area contributed by atoms with E-state index in [9.17, 15) is 29.5 Å². The van der Waals surface area contributed by atoms with E-state index in [0.717, 1.165) is 25.7 Å². The Labute approximate surface area is 330 Å². The Kier molecular flexibility index (Phi) is 34.4. The number of aliphatic hydroxyl groups is 3. The highest BCUT2D eigenvalue weighted by atomic mass is 31.2. The smallest absolute Gasteiger partial charge is 0.462 e. The van der Waals surface area contributed by atoms with Crippen molar-refractivity contribution in [2.24, 2.45) is 0 Å². The first-order chi connectivity index (χ1) is 26.5. The molecule has 4 atom stereocenters. The molecule has 312 valence electrons. The van der Waals surface area contributed by atoms with Gasteiger partial charge in [-0.1, -0.05) is 143 Å². The Morgan fingerprint density at radius 2 is 1.22 bits per heavy atom. The van der Waals surface area contributed by atoms with E-state index in [1.807, 2.05) is 31.2 Å². The van der Waals surface area contributed by atoms with E-state index in [2.05, 4.69) is 35.8 Å². The number of hydrogen-bond donors (Lipinski definition) is 5. The highest BCUT2D eigenvalue weighted by Gasteiger charge is 2.23. The molecule has 12 heteroatoms. The minimum absolute atomic E-state index is 0.0604. The Morgan fingerprint density at radius 3 is 1.87 bits per heavy atom. The number of carbonyl (C=O) groups is 2. The van der Waals surface area contributed by atoms with Crippen molar-refractivity contribution >= 4 is 19.8 Å². The Balaban J connectivity index is 4.39. The summed E-state index contributed by atoms with van der Waals surface area (Å²) >= 11 is 0. The van der Waals surface area contributed by atoms with E-state index in [4.69, 9.17) is 19.3 Å². The van der Waals surface area contributed by atoms with Gasteiger partial charge in [0.15, 0.2) is 6.10 Å². The first-order valence-corrected chi connectivity index (χ1v) is 21.4. The monoisotopic (exact) mass is 792 g/mol. The van der Waals surface area contributed by atoms with Crippen LogP contribution in [0.3, 0.4) is 0 Å². The molecule has 0 amide bonds. The van der Waals surface area contributed by atoms with Gasteiger partial charge in [-0.2, -0.15) is 0 Å². The summed E-state index contributed by atoms with van der Waals surface area (Å²) in [7, 11) is -4.86. The number of hydrogen-bond acceptors (Lipinski definition) is 9. The molecule has 0 rings (SSSR count). The molecule has 55 heavy (non-hydrogen) atoms. The lowest BCUT2D eigenvalue weighted by molar-refractivity contribution is -0.161. The molecule has 11 nitrogen and oxygen atoms in total. The van der Waals surface area contributed by atoms with Crippen LogP contribution in [0, 0.1) is 0 Å². The van der Waals surface area contributed by atoms with Gasteiger partial charge >= 0.3 is 19.8 Å². The third kappa shape index (κ3) is 37.5. The molecule has 0 aromatic heterocycles. The molecule has 0 unspecified atom stereocenters. The molecule has 0 aliphatic heterocycles. The number of rotatable bonds is 34. The van der Waals surface area contributed by atoms with Crippen LogP contribution in [-0.4, -0.2) is 74.7 Å². The van der Waals surface area contributed by atoms with Gasteiger partial charge in [0.2, 0.25) is 0 Å². The lowest BCUT2D eigenvalue weighted by Gasteiger charge is -2.18. The number of carbonyl (C=O) groups excluding carboxylic acids is 2. The van der Waals surface area contributed by atoms with Crippen LogP contribution in [0.1, 0.15) is 123 Å². The summed E-state index contributed by atoms with van der Waals surface area (Å²) in [5.41, 5.74) is 0. The molecule has 0 aliphatic carbocycles. The summed E-state index contributed by atoms with van der Waals surface area (Å²) in [5.74, 6) is -1.29. The molecule has 0 aromatic rings. The number of phosphoric ester groups is 1. The van der Waals surface area contributed by atoms with Crippen molar-refractivity contribution in [3.63, 3.8) is 0 Å². The van der Waals surface area contributed by atoms with Crippen molar-refractivity contribution in [2.45, 2.75) is 147 Å². The molecule has 5 N–H and O–H groups in total. The normalized spacial score (nSPS) is 15.3. The Hall–Kier alpha value is -3.15. The van der Waals surface area contributed by atoms with Gasteiger partial charge < -0.3 is 34.6 Å². The van der Waals surface area contributed by atoms with E-state index >= 15 is 0 Å². The predicted octanol–water partition coefficient (Wildman–Crippen LogP) is 8.75. The maximum Gasteiger partial charge on any atom is 0.469 e. The summed E-state index contributed by atoms with van der Waals surface area (Å²) in [6, 6.07) is 0. The van der Waals surface area contributed by atoms with Crippen molar-refractivity contribution in [2.75, 3.05) is 13.2 Å². The summed E-state index contributed by atoms with van der Waals surface area (Å²) in [6.45, 7) is 3.13. The first kappa shape index (κ1) is 51.9. The lowest BCUT2D eigenvalue weighted by Crippen LogP contribution is -2.29. The molecule has 0 saturated heterocycles. The maximum absolute atomic E-state index is 12.4. The molecule has 0 heterocycles. The lowest BCUT2D eigenvalue weighted by atomic mass is 10.1. The molecule has 0 saturated carbocycles. The molecule has 0 aromatic carbocycles. The largest absolute Gasteiger partial charge is 0.469 e. The van der Waals surface area contributed by atoms with Gasteiger partial charge in [0.05, 0.1) is 24.9 Å². The topological polar surface area (TPSA) is 180 Å². The Morgan fingerprint density at radius 1 is 0.636 bits per heavy atom. The third-order valence-corrected chi connectivity index (χ3v) is 8.41. The van der Waals surface area contributed by atoms with Crippen LogP contribution < -0.4 is 0 Å². The minimum Gasteiger partial charge on any atom is -0.462 e. The van der Waals surface area contributed by atoms with E-state index < -0.39 is 57.4 Å². The van der Waals surface area contributed by atoms with Gasteiger partial charge in [0.25, 0.3) is 0 Å². The van der Waals surface area contributed by atoms with Crippen LogP contribution >= 0.6 is 7.82 Å². The quantitative estimate of drug-likeness (QED) is 0.0138. The van der Waals surface area contributed by atoms with Crippen LogP contribution in [0.25, 0.3) is 0 Å². The van der Waals surface area contributed by atoms with Gasteiger partial charge in [-0.15, -0.1) is 0 Å². The second-order valence-corrected chi connectivity index (χ2v) is 14.3. The molecule has 0 aliphatic rings. The fourth-order valence-corrected chi connectivity index (χ4v) is 5.21. The number of unbranched alkanes of at least 4 members (excludes halogenated alkanes) is 7. The molecule has 0 fully saturated rings. The van der Waals surface area contributed by atoms with E-state index in [0.29, 0.717) is 19.3 Å². The van der Waals surface area contributed by atoms with Crippen LogP contribution in [0.2, 0.25) is 0 Å². The third-order valence-electron chi connectivity index (χ3n) is 7.93. The van der Waals surface area contributed by atoms with E-state index in [1.54, 1.807) is 42.5 Å². The fourth-order valence-electron chi connectivity index (χ4n) is 4.85. The first-order valence-electron chi connectivity index (χ1n) is 19.9. The molecular formula is C43H69O11P. The van der Waals surface area contributed by atoms with Crippen molar-refractivity contribution in [3.8, 4) is 0 Å². The average Bonchev–Trinajstić information content (AvgIpc) is 3.14. The second-order valence-electron chi connectivity index (χ2n) is 13.1. The van der Waals surface area contributed by atoms with Crippen molar-refractivity contribution < 1.29 is 53.3 Å². The number of aliphatic hydroxyl groups excluding tert-OH is 3. The van der Waals surface area contributed by atoms with Crippen molar-refractivity contribution in [1.29, 1.82) is 0 Å². The van der Waals surface area contributed by atoms with Gasteiger partial charge in [0.1, 0.15) is 6.61 Å². The molecule has 0 radical (unpaired) electrons. The molecular weight excluding hydrogens is 723 g/mol. The van der Waals surface area contributed by atoms with Gasteiger partial charge in [0, 0.05) is 12.8 Å². The average molecular weight is 793 g/mol. The van der Waals surface area contributed by atoms with E-state index in [-0.39, 0.29) is 25.7 Å². The molecule has 0 bridgehead atoms. The van der Waals surface area contributed by atoms with Crippen LogP contribution in [0.15, 0.2) is 97.2 Å². The van der Waals surface area contributed by atoms with Gasteiger partial charge in [-0.25, -0.2) is 4.57 Å². The van der Waals surface area contributed by atoms with Crippen molar-refractivity contribution in [1.82, 2.24) is 0 Å². The fraction of sp³-hybridized carbons (Fsp3) is 0.581. The Bertz CT molecular complexity index is 1260. The zero-order valence-electron chi connectivity index (χ0n) is 33.1. The number of esters is 2.